The molecule has 3 unspecified atom stereocenters. The number of amides is 2. The number of primary amides is 1. The molecule has 30 heavy (non-hydrogen) atoms. The summed E-state index contributed by atoms with van der Waals surface area (Å²) in [6.07, 6.45) is 3.00. The summed E-state index contributed by atoms with van der Waals surface area (Å²) in [5.74, 6) is -2.88. The van der Waals surface area contributed by atoms with Gasteiger partial charge in [0.2, 0.25) is 0 Å². The Morgan fingerprint density at radius 3 is 1.50 bits per heavy atom. The fraction of sp³-hybridized carbons (Fsp3) is 0.765. The fourth-order valence-corrected chi connectivity index (χ4v) is 1.57. The Kier molecular flexibility index (Phi) is 21.3. The van der Waals surface area contributed by atoms with Gasteiger partial charge in [0.1, 0.15) is 18.1 Å². The molecule has 0 aliphatic rings. The van der Waals surface area contributed by atoms with E-state index in [9.17, 15) is 19.2 Å². The van der Waals surface area contributed by atoms with E-state index in [-0.39, 0.29) is 5.92 Å². The summed E-state index contributed by atoms with van der Waals surface area (Å²) >= 11 is 0. The summed E-state index contributed by atoms with van der Waals surface area (Å²) in [4.78, 5) is 40.5. The molecule has 178 valence electrons. The summed E-state index contributed by atoms with van der Waals surface area (Å²) < 4.78 is 0. The monoisotopic (exact) mass is 438 g/mol. The highest BCUT2D eigenvalue weighted by Gasteiger charge is 2.14. The van der Waals surface area contributed by atoms with Crippen LogP contribution in [0.25, 0.3) is 0 Å². The standard InChI is InChI=1S/C6H13N3O3.C6H14N2O2.C5H11NO2/c7-4(5(10)11)2-1-3-9-6(8)12;7-4-2-1-3-5(8)6(9)10;1-3(2)4(6)5(7)8/h4H,1-3,7H2,(H,10,11)(H3,8,9,12);5H,1-4,7-8H2,(H,9,10);3-4H,6H2,1-2H3,(H,7,8). The van der Waals surface area contributed by atoms with E-state index < -0.39 is 42.1 Å². The highest BCUT2D eigenvalue weighted by atomic mass is 16.4. The molecule has 0 aromatic heterocycles. The maximum atomic E-state index is 10.2. The second-order valence-electron chi connectivity index (χ2n) is 6.72. The first-order valence-electron chi connectivity index (χ1n) is 9.46. The van der Waals surface area contributed by atoms with E-state index in [4.69, 9.17) is 44.0 Å². The van der Waals surface area contributed by atoms with Gasteiger partial charge >= 0.3 is 23.9 Å². The number of carboxylic acid groups (broad SMARTS) is 3. The molecule has 0 saturated carbocycles. The molecule has 0 bridgehead atoms. The van der Waals surface area contributed by atoms with Crippen LogP contribution < -0.4 is 34.0 Å². The average Bonchev–Trinajstić information content (AvgIpc) is 2.64. The lowest BCUT2D eigenvalue weighted by Gasteiger charge is -2.07. The van der Waals surface area contributed by atoms with Gasteiger partial charge in [0, 0.05) is 6.54 Å². The average molecular weight is 439 g/mol. The third kappa shape index (κ3) is 23.6. The van der Waals surface area contributed by atoms with Gasteiger partial charge in [0.25, 0.3) is 0 Å². The third-order valence-corrected chi connectivity index (χ3v) is 3.60. The van der Waals surface area contributed by atoms with E-state index >= 15 is 0 Å². The van der Waals surface area contributed by atoms with Gasteiger partial charge in [0.05, 0.1) is 0 Å². The maximum absolute atomic E-state index is 10.2. The highest BCUT2D eigenvalue weighted by molar-refractivity contribution is 5.74. The lowest BCUT2D eigenvalue weighted by Crippen LogP contribution is -2.34. The van der Waals surface area contributed by atoms with E-state index in [1.54, 1.807) is 13.8 Å². The molecular formula is C17H38N6O7. The molecule has 3 atom stereocenters. The van der Waals surface area contributed by atoms with Gasteiger partial charge in [0.15, 0.2) is 0 Å². The van der Waals surface area contributed by atoms with E-state index in [0.717, 1.165) is 12.8 Å². The SMILES string of the molecule is CC(C)C(N)C(=O)O.NC(=O)NCCCC(N)C(=O)O.NCCCCC(N)C(=O)O. The molecule has 0 saturated heterocycles. The topological polar surface area (TPSA) is 271 Å². The van der Waals surface area contributed by atoms with Gasteiger partial charge in [-0.25, -0.2) is 4.79 Å². The highest BCUT2D eigenvalue weighted by Crippen LogP contribution is 1.97. The Balaban J connectivity index is -0.000000372. The number of carboxylic acids is 3. The van der Waals surface area contributed by atoms with E-state index in [2.05, 4.69) is 5.32 Å². The van der Waals surface area contributed by atoms with Crippen LogP contribution in [0.1, 0.15) is 46.0 Å². The summed E-state index contributed by atoms with van der Waals surface area (Å²) in [5, 5.41) is 27.2. The van der Waals surface area contributed by atoms with E-state index in [1.165, 1.54) is 0 Å². The minimum Gasteiger partial charge on any atom is -0.480 e. The molecule has 0 spiro atoms. The molecule has 0 aromatic carbocycles. The van der Waals surface area contributed by atoms with Crippen LogP contribution in [0.4, 0.5) is 4.79 Å². The molecule has 14 N–H and O–H groups in total. The number of hydrogen-bond acceptors (Lipinski definition) is 8. The molecule has 2 amide bonds. The van der Waals surface area contributed by atoms with Crippen molar-refractivity contribution in [2.24, 2.45) is 34.6 Å². The van der Waals surface area contributed by atoms with Crippen molar-refractivity contribution >= 4 is 23.9 Å². The lowest BCUT2D eigenvalue weighted by molar-refractivity contribution is -0.140. The van der Waals surface area contributed by atoms with Crippen LogP contribution in [0.2, 0.25) is 0 Å². The van der Waals surface area contributed by atoms with Crippen molar-refractivity contribution < 1.29 is 34.5 Å². The normalized spacial score (nSPS) is 12.9. The number of urea groups is 1. The molecular weight excluding hydrogens is 400 g/mol. The zero-order valence-electron chi connectivity index (χ0n) is 17.6. The first-order valence-corrected chi connectivity index (χ1v) is 9.46. The molecule has 0 heterocycles. The van der Waals surface area contributed by atoms with Crippen molar-refractivity contribution in [1.82, 2.24) is 5.32 Å². The van der Waals surface area contributed by atoms with Crippen LogP contribution in [-0.4, -0.2) is 70.5 Å². The van der Waals surface area contributed by atoms with Gasteiger partial charge in [-0.05, 0) is 38.1 Å². The van der Waals surface area contributed by atoms with E-state index in [1.807, 2.05) is 0 Å². The molecule has 13 nitrogen and oxygen atoms in total. The largest absolute Gasteiger partial charge is 0.480 e. The third-order valence-electron chi connectivity index (χ3n) is 3.60. The molecule has 0 rings (SSSR count). The van der Waals surface area contributed by atoms with Gasteiger partial charge in [-0.3, -0.25) is 14.4 Å². The second-order valence-corrected chi connectivity index (χ2v) is 6.72. The number of nitrogens with two attached hydrogens (primary N) is 5. The zero-order valence-corrected chi connectivity index (χ0v) is 17.6. The predicted octanol–water partition coefficient (Wildman–Crippen LogP) is -1.57. The van der Waals surface area contributed by atoms with Crippen molar-refractivity contribution in [2.45, 2.75) is 64.1 Å². The molecule has 0 aromatic rings. The molecule has 0 aliphatic heterocycles. The molecule has 0 fully saturated rings. The van der Waals surface area contributed by atoms with Crippen LogP contribution in [0.5, 0.6) is 0 Å². The smallest absolute Gasteiger partial charge is 0.320 e. The number of unbranched alkanes of at least 4 members (excludes halogenated alkanes) is 1. The first-order chi connectivity index (χ1) is 13.8. The number of carbonyl (C=O) groups is 4. The number of carbonyl (C=O) groups excluding carboxylic acids is 1. The van der Waals surface area contributed by atoms with E-state index in [0.29, 0.717) is 32.4 Å². The van der Waals surface area contributed by atoms with Crippen LogP contribution in [0.15, 0.2) is 0 Å². The number of aliphatic carboxylic acids is 3. The van der Waals surface area contributed by atoms with Crippen molar-refractivity contribution in [3.8, 4) is 0 Å². The fourth-order valence-electron chi connectivity index (χ4n) is 1.57. The second kappa shape index (κ2) is 19.8. The summed E-state index contributed by atoms with van der Waals surface area (Å²) in [5.41, 5.74) is 25.5. The van der Waals surface area contributed by atoms with Gasteiger partial charge < -0.3 is 49.3 Å². The number of nitrogens with one attached hydrogen (secondary N) is 1. The predicted molar refractivity (Wildman–Crippen MR) is 111 cm³/mol. The summed E-state index contributed by atoms with van der Waals surface area (Å²) in [6, 6.07) is -2.90. The van der Waals surface area contributed by atoms with Crippen molar-refractivity contribution in [3.05, 3.63) is 0 Å². The van der Waals surface area contributed by atoms with Gasteiger partial charge in [-0.15, -0.1) is 0 Å². The summed E-state index contributed by atoms with van der Waals surface area (Å²) in [6.45, 7) is 4.51. The van der Waals surface area contributed by atoms with Crippen LogP contribution >= 0.6 is 0 Å². The Bertz CT molecular complexity index is 505. The van der Waals surface area contributed by atoms with Crippen LogP contribution in [0, 0.1) is 5.92 Å². The minimum absolute atomic E-state index is 0.0208. The van der Waals surface area contributed by atoms with Gasteiger partial charge in [-0.2, -0.15) is 0 Å². The zero-order chi connectivity index (χ0) is 24.3. The van der Waals surface area contributed by atoms with Gasteiger partial charge in [-0.1, -0.05) is 20.3 Å². The molecule has 13 heteroatoms. The van der Waals surface area contributed by atoms with Crippen molar-refractivity contribution in [1.29, 1.82) is 0 Å². The maximum Gasteiger partial charge on any atom is 0.320 e. The minimum atomic E-state index is -1.03. The van der Waals surface area contributed by atoms with Crippen molar-refractivity contribution in [2.75, 3.05) is 13.1 Å². The molecule has 0 radical (unpaired) electrons. The van der Waals surface area contributed by atoms with Crippen molar-refractivity contribution in [3.63, 3.8) is 0 Å². The Morgan fingerprint density at radius 1 is 0.800 bits per heavy atom. The Labute approximate surface area is 176 Å². The Morgan fingerprint density at radius 2 is 1.23 bits per heavy atom. The summed E-state index contributed by atoms with van der Waals surface area (Å²) in [7, 11) is 0. The number of rotatable bonds is 12. The molecule has 0 aliphatic carbocycles. The Hall–Kier alpha value is -2.48. The quantitative estimate of drug-likeness (QED) is 0.157. The lowest BCUT2D eigenvalue weighted by atomic mass is 10.1. The van der Waals surface area contributed by atoms with Crippen LogP contribution in [-0.2, 0) is 14.4 Å². The first kappa shape index (κ1) is 32.2. The van der Waals surface area contributed by atoms with Crippen LogP contribution in [0.3, 0.4) is 0 Å². The number of hydrogen-bond donors (Lipinski definition) is 9.